The lowest BCUT2D eigenvalue weighted by molar-refractivity contribution is 0.160. The maximum absolute atomic E-state index is 10.8. The van der Waals surface area contributed by atoms with E-state index in [2.05, 4.69) is 60.5 Å². The van der Waals surface area contributed by atoms with Crippen LogP contribution in [0, 0.1) is 0 Å². The van der Waals surface area contributed by atoms with Crippen LogP contribution in [0.1, 0.15) is 43.5 Å². The number of hydrogen-bond donors (Lipinski definition) is 2. The number of anilines is 2. The number of benzene rings is 3. The van der Waals surface area contributed by atoms with Crippen LogP contribution in [0.2, 0.25) is 0 Å². The summed E-state index contributed by atoms with van der Waals surface area (Å²) in [6, 6.07) is 28.8. The van der Waals surface area contributed by atoms with Gasteiger partial charge in [0.05, 0.1) is 12.1 Å². The van der Waals surface area contributed by atoms with Gasteiger partial charge in [0, 0.05) is 30.9 Å². The van der Waals surface area contributed by atoms with Gasteiger partial charge in [-0.15, -0.1) is 0 Å². The largest absolute Gasteiger partial charge is 0.388 e. The van der Waals surface area contributed by atoms with Crippen LogP contribution in [-0.4, -0.2) is 18.2 Å². The molecular weight excluding hydrogens is 344 g/mol. The minimum Gasteiger partial charge on any atom is -0.388 e. The third-order valence-electron chi connectivity index (χ3n) is 5.18. The molecule has 0 aliphatic carbocycles. The monoisotopic (exact) mass is 374 g/mol. The summed E-state index contributed by atoms with van der Waals surface area (Å²) in [6.45, 7) is 6.34. The third kappa shape index (κ3) is 5.14. The Balaban J connectivity index is 1.78. The number of rotatable bonds is 9. The molecule has 0 fully saturated rings. The second-order valence-electron chi connectivity index (χ2n) is 6.99. The van der Waals surface area contributed by atoms with Gasteiger partial charge in [-0.3, -0.25) is 0 Å². The molecule has 3 aromatic rings. The van der Waals surface area contributed by atoms with Crippen LogP contribution < -0.4 is 10.2 Å². The molecule has 0 aromatic heterocycles. The highest BCUT2D eigenvalue weighted by molar-refractivity contribution is 5.56. The Hall–Kier alpha value is -2.78. The summed E-state index contributed by atoms with van der Waals surface area (Å²) in [7, 11) is 0. The SMILES string of the molecule is CCN(CC)c1ccc(N[C@H](C[C@@H](O)c2ccccc2)c2ccccc2)cc1. The van der Waals surface area contributed by atoms with Gasteiger partial charge in [-0.25, -0.2) is 0 Å². The molecule has 0 heterocycles. The van der Waals surface area contributed by atoms with Gasteiger partial charge in [0.2, 0.25) is 0 Å². The maximum atomic E-state index is 10.8. The molecule has 0 amide bonds. The third-order valence-corrected chi connectivity index (χ3v) is 5.18. The van der Waals surface area contributed by atoms with Crippen LogP contribution in [0.15, 0.2) is 84.9 Å². The predicted molar refractivity (Wildman–Crippen MR) is 119 cm³/mol. The summed E-state index contributed by atoms with van der Waals surface area (Å²) < 4.78 is 0. The molecule has 0 saturated heterocycles. The van der Waals surface area contributed by atoms with E-state index in [-0.39, 0.29) is 6.04 Å². The van der Waals surface area contributed by atoms with Crippen molar-refractivity contribution in [3.63, 3.8) is 0 Å². The molecule has 0 radical (unpaired) electrons. The number of aliphatic hydroxyl groups is 1. The molecule has 3 rings (SSSR count). The summed E-state index contributed by atoms with van der Waals surface area (Å²) >= 11 is 0. The highest BCUT2D eigenvalue weighted by Gasteiger charge is 2.18. The van der Waals surface area contributed by atoms with Gasteiger partial charge in [-0.2, -0.15) is 0 Å². The zero-order valence-corrected chi connectivity index (χ0v) is 16.8. The Labute approximate surface area is 168 Å². The van der Waals surface area contributed by atoms with E-state index in [1.54, 1.807) is 0 Å². The summed E-state index contributed by atoms with van der Waals surface area (Å²) in [5.74, 6) is 0. The van der Waals surface area contributed by atoms with Crippen molar-refractivity contribution in [2.24, 2.45) is 0 Å². The van der Waals surface area contributed by atoms with Crippen LogP contribution in [0.5, 0.6) is 0 Å². The molecule has 3 nitrogen and oxygen atoms in total. The molecule has 146 valence electrons. The van der Waals surface area contributed by atoms with Crippen molar-refractivity contribution < 1.29 is 5.11 Å². The Bertz CT molecular complexity index is 814. The standard InChI is InChI=1S/C25H30N2O/c1-3-27(4-2)23-17-15-22(16-18-23)26-24(20-11-7-5-8-12-20)19-25(28)21-13-9-6-10-14-21/h5-18,24-26,28H,3-4,19H2,1-2H3/t24-,25-/m1/s1. The molecule has 0 aliphatic heterocycles. The van der Waals surface area contributed by atoms with Crippen molar-refractivity contribution in [1.82, 2.24) is 0 Å². The lowest BCUT2D eigenvalue weighted by atomic mass is 9.96. The van der Waals surface area contributed by atoms with Gasteiger partial charge in [0.15, 0.2) is 0 Å². The first-order valence-electron chi connectivity index (χ1n) is 10.1. The second-order valence-corrected chi connectivity index (χ2v) is 6.99. The van der Waals surface area contributed by atoms with Crippen molar-refractivity contribution in [3.8, 4) is 0 Å². The van der Waals surface area contributed by atoms with Crippen molar-refractivity contribution in [2.75, 3.05) is 23.3 Å². The van der Waals surface area contributed by atoms with E-state index in [1.807, 2.05) is 48.5 Å². The number of nitrogens with one attached hydrogen (secondary N) is 1. The molecule has 3 aromatic carbocycles. The molecule has 0 aliphatic rings. The van der Waals surface area contributed by atoms with Crippen molar-refractivity contribution in [3.05, 3.63) is 96.1 Å². The van der Waals surface area contributed by atoms with Gasteiger partial charge >= 0.3 is 0 Å². The highest BCUT2D eigenvalue weighted by Crippen LogP contribution is 2.30. The van der Waals surface area contributed by atoms with Gasteiger partial charge in [-0.05, 0) is 49.2 Å². The number of aliphatic hydroxyl groups excluding tert-OH is 1. The van der Waals surface area contributed by atoms with Crippen LogP contribution in [0.3, 0.4) is 0 Å². The highest BCUT2D eigenvalue weighted by atomic mass is 16.3. The van der Waals surface area contributed by atoms with E-state index < -0.39 is 6.10 Å². The first kappa shape index (κ1) is 20.0. The molecule has 3 heteroatoms. The van der Waals surface area contributed by atoms with Crippen molar-refractivity contribution >= 4 is 11.4 Å². The van der Waals surface area contributed by atoms with E-state index >= 15 is 0 Å². The fraction of sp³-hybridized carbons (Fsp3) is 0.280. The molecular formula is C25H30N2O. The smallest absolute Gasteiger partial charge is 0.0812 e. The van der Waals surface area contributed by atoms with E-state index in [1.165, 1.54) is 11.3 Å². The van der Waals surface area contributed by atoms with E-state index in [0.717, 1.165) is 24.3 Å². The molecule has 0 bridgehead atoms. The molecule has 28 heavy (non-hydrogen) atoms. The molecule has 0 unspecified atom stereocenters. The molecule has 2 N–H and O–H groups in total. The maximum Gasteiger partial charge on any atom is 0.0812 e. The van der Waals surface area contributed by atoms with Crippen LogP contribution in [-0.2, 0) is 0 Å². The zero-order chi connectivity index (χ0) is 19.8. The average Bonchev–Trinajstić information content (AvgIpc) is 2.76. The predicted octanol–water partition coefficient (Wildman–Crippen LogP) is 5.81. The van der Waals surface area contributed by atoms with Gasteiger partial charge < -0.3 is 15.3 Å². The quantitative estimate of drug-likeness (QED) is 0.496. The first-order valence-corrected chi connectivity index (χ1v) is 10.1. The summed E-state index contributed by atoms with van der Waals surface area (Å²) in [5.41, 5.74) is 4.41. The van der Waals surface area contributed by atoms with Crippen LogP contribution in [0.25, 0.3) is 0 Å². The van der Waals surface area contributed by atoms with E-state index in [4.69, 9.17) is 0 Å². The Morgan fingerprint density at radius 2 is 1.29 bits per heavy atom. The summed E-state index contributed by atoms with van der Waals surface area (Å²) in [4.78, 5) is 2.33. The normalized spacial score (nSPS) is 13.0. The van der Waals surface area contributed by atoms with Crippen molar-refractivity contribution in [1.29, 1.82) is 0 Å². The Morgan fingerprint density at radius 1 is 0.750 bits per heavy atom. The fourth-order valence-electron chi connectivity index (χ4n) is 3.56. The number of hydrogen-bond acceptors (Lipinski definition) is 3. The fourth-order valence-corrected chi connectivity index (χ4v) is 3.56. The van der Waals surface area contributed by atoms with E-state index in [0.29, 0.717) is 6.42 Å². The van der Waals surface area contributed by atoms with Gasteiger partial charge in [-0.1, -0.05) is 60.7 Å². The van der Waals surface area contributed by atoms with Gasteiger partial charge in [0.25, 0.3) is 0 Å². The lowest BCUT2D eigenvalue weighted by Crippen LogP contribution is -2.21. The molecule has 0 saturated carbocycles. The molecule has 2 atom stereocenters. The average molecular weight is 375 g/mol. The van der Waals surface area contributed by atoms with Gasteiger partial charge in [0.1, 0.15) is 0 Å². The lowest BCUT2D eigenvalue weighted by Gasteiger charge is -2.25. The first-order chi connectivity index (χ1) is 13.7. The summed E-state index contributed by atoms with van der Waals surface area (Å²) in [5, 5.41) is 14.4. The topological polar surface area (TPSA) is 35.5 Å². The van der Waals surface area contributed by atoms with E-state index in [9.17, 15) is 5.11 Å². The van der Waals surface area contributed by atoms with Crippen LogP contribution in [0.4, 0.5) is 11.4 Å². The molecule has 0 spiro atoms. The minimum absolute atomic E-state index is 0.0238. The van der Waals surface area contributed by atoms with Crippen molar-refractivity contribution in [2.45, 2.75) is 32.4 Å². The number of nitrogens with zero attached hydrogens (tertiary/aromatic N) is 1. The summed E-state index contributed by atoms with van der Waals surface area (Å²) in [6.07, 6.45) is 0.0834. The van der Waals surface area contributed by atoms with Crippen LogP contribution >= 0.6 is 0 Å². The zero-order valence-electron chi connectivity index (χ0n) is 16.8. The Morgan fingerprint density at radius 3 is 1.82 bits per heavy atom. The second kappa shape index (κ2) is 9.95. The minimum atomic E-state index is -0.520. The Kier molecular flexibility index (Phi) is 7.10.